The van der Waals surface area contributed by atoms with Gasteiger partial charge in [0.15, 0.2) is 5.78 Å². The zero-order valence-corrected chi connectivity index (χ0v) is 8.05. The number of hydrogen-bond donors (Lipinski definition) is 1. The maximum atomic E-state index is 11.2. The Morgan fingerprint density at radius 2 is 2.38 bits per heavy atom. The molecular weight excluding hydrogens is 164 g/mol. The zero-order valence-electron chi connectivity index (χ0n) is 8.05. The van der Waals surface area contributed by atoms with Crippen LogP contribution in [0.25, 0.3) is 0 Å². The standard InChI is InChI=1S/C10H14N2O/c1-7(13)8-5-11-10-3-4-12(2)6-9(8)10/h5,11H,3-4,6H2,1-2H3. The van der Waals surface area contributed by atoms with Gasteiger partial charge in [0.2, 0.25) is 0 Å². The second-order valence-electron chi connectivity index (χ2n) is 3.70. The number of aromatic amines is 1. The molecule has 2 heterocycles. The van der Waals surface area contributed by atoms with Crippen molar-refractivity contribution in [1.29, 1.82) is 0 Å². The molecule has 0 radical (unpaired) electrons. The summed E-state index contributed by atoms with van der Waals surface area (Å²) in [6.45, 7) is 3.59. The minimum Gasteiger partial charge on any atom is -0.364 e. The minimum atomic E-state index is 0.160. The molecule has 13 heavy (non-hydrogen) atoms. The van der Waals surface area contributed by atoms with Gasteiger partial charge in [-0.05, 0) is 19.5 Å². The first-order chi connectivity index (χ1) is 6.18. The molecule has 1 N–H and O–H groups in total. The van der Waals surface area contributed by atoms with Gasteiger partial charge in [-0.25, -0.2) is 0 Å². The Morgan fingerprint density at radius 1 is 1.62 bits per heavy atom. The molecule has 3 nitrogen and oxygen atoms in total. The van der Waals surface area contributed by atoms with E-state index in [1.54, 1.807) is 6.92 Å². The number of fused-ring (bicyclic) bond motifs is 1. The highest BCUT2D eigenvalue weighted by Gasteiger charge is 2.19. The maximum Gasteiger partial charge on any atom is 0.161 e. The highest BCUT2D eigenvalue weighted by molar-refractivity contribution is 5.95. The van der Waals surface area contributed by atoms with E-state index in [9.17, 15) is 4.79 Å². The summed E-state index contributed by atoms with van der Waals surface area (Å²) in [5, 5.41) is 0. The largest absolute Gasteiger partial charge is 0.364 e. The Hall–Kier alpha value is -1.09. The number of nitrogens with zero attached hydrogens (tertiary/aromatic N) is 1. The van der Waals surface area contributed by atoms with Crippen molar-refractivity contribution >= 4 is 5.78 Å². The van der Waals surface area contributed by atoms with E-state index in [1.165, 1.54) is 11.3 Å². The molecule has 2 rings (SSSR count). The number of ketones is 1. The molecule has 0 fully saturated rings. The summed E-state index contributed by atoms with van der Waals surface area (Å²) in [5.41, 5.74) is 3.30. The van der Waals surface area contributed by atoms with E-state index in [4.69, 9.17) is 0 Å². The molecule has 0 aromatic carbocycles. The highest BCUT2D eigenvalue weighted by Crippen LogP contribution is 2.21. The SMILES string of the molecule is CC(=O)c1c[nH]c2c1CN(C)CC2. The minimum absolute atomic E-state index is 0.160. The van der Waals surface area contributed by atoms with E-state index in [-0.39, 0.29) is 5.78 Å². The van der Waals surface area contributed by atoms with Gasteiger partial charge >= 0.3 is 0 Å². The lowest BCUT2D eigenvalue weighted by Crippen LogP contribution is -2.26. The second kappa shape index (κ2) is 3.00. The first-order valence-electron chi connectivity index (χ1n) is 4.57. The number of hydrogen-bond acceptors (Lipinski definition) is 2. The van der Waals surface area contributed by atoms with Crippen LogP contribution >= 0.6 is 0 Å². The molecule has 0 bridgehead atoms. The number of aromatic nitrogens is 1. The Bertz CT molecular complexity index is 341. The smallest absolute Gasteiger partial charge is 0.161 e. The fourth-order valence-electron chi connectivity index (χ4n) is 1.87. The Kier molecular flexibility index (Phi) is 1.96. The number of rotatable bonds is 1. The summed E-state index contributed by atoms with van der Waals surface area (Å²) in [7, 11) is 2.08. The van der Waals surface area contributed by atoms with Crippen LogP contribution in [0, 0.1) is 0 Å². The second-order valence-corrected chi connectivity index (χ2v) is 3.70. The monoisotopic (exact) mass is 178 g/mol. The predicted molar refractivity (Wildman–Crippen MR) is 50.8 cm³/mol. The van der Waals surface area contributed by atoms with E-state index in [2.05, 4.69) is 16.9 Å². The van der Waals surface area contributed by atoms with Crippen LogP contribution in [-0.4, -0.2) is 29.3 Å². The summed E-state index contributed by atoms with van der Waals surface area (Å²) in [6, 6.07) is 0. The first-order valence-corrected chi connectivity index (χ1v) is 4.57. The van der Waals surface area contributed by atoms with Gasteiger partial charge in [0, 0.05) is 37.0 Å². The third-order valence-electron chi connectivity index (χ3n) is 2.63. The van der Waals surface area contributed by atoms with Crippen LogP contribution in [0.5, 0.6) is 0 Å². The van der Waals surface area contributed by atoms with Gasteiger partial charge in [-0.2, -0.15) is 0 Å². The molecule has 0 atom stereocenters. The van der Waals surface area contributed by atoms with Crippen molar-refractivity contribution in [3.05, 3.63) is 23.0 Å². The van der Waals surface area contributed by atoms with Crippen molar-refractivity contribution in [1.82, 2.24) is 9.88 Å². The molecule has 0 unspecified atom stereocenters. The van der Waals surface area contributed by atoms with Crippen LogP contribution in [0.1, 0.15) is 28.5 Å². The van der Waals surface area contributed by atoms with Gasteiger partial charge in [0.1, 0.15) is 0 Å². The Balaban J connectivity index is 2.41. The third-order valence-corrected chi connectivity index (χ3v) is 2.63. The molecule has 1 aliphatic heterocycles. The lowest BCUT2D eigenvalue weighted by atomic mass is 10.0. The summed E-state index contributed by atoms with van der Waals surface area (Å²) >= 11 is 0. The van der Waals surface area contributed by atoms with Crippen molar-refractivity contribution < 1.29 is 4.79 Å². The van der Waals surface area contributed by atoms with Crippen molar-refractivity contribution in [3.63, 3.8) is 0 Å². The van der Waals surface area contributed by atoms with E-state index in [0.29, 0.717) is 0 Å². The van der Waals surface area contributed by atoms with Crippen molar-refractivity contribution in [3.8, 4) is 0 Å². The zero-order chi connectivity index (χ0) is 9.42. The highest BCUT2D eigenvalue weighted by atomic mass is 16.1. The third kappa shape index (κ3) is 1.40. The van der Waals surface area contributed by atoms with Crippen LogP contribution in [0.2, 0.25) is 0 Å². The van der Waals surface area contributed by atoms with Gasteiger partial charge in [-0.3, -0.25) is 4.79 Å². The maximum absolute atomic E-state index is 11.2. The van der Waals surface area contributed by atoms with E-state index in [1.807, 2.05) is 6.20 Å². The van der Waals surface area contributed by atoms with Gasteiger partial charge in [0.25, 0.3) is 0 Å². The molecule has 0 spiro atoms. The summed E-state index contributed by atoms with van der Waals surface area (Å²) in [5.74, 6) is 0.160. The molecule has 1 aromatic heterocycles. The average Bonchev–Trinajstić information content (AvgIpc) is 2.46. The normalized spacial score (nSPS) is 17.1. The molecule has 0 aliphatic carbocycles. The number of likely N-dealkylation sites (N-methyl/N-ethyl adjacent to an activating group) is 1. The summed E-state index contributed by atoms with van der Waals surface area (Å²) in [4.78, 5) is 16.7. The summed E-state index contributed by atoms with van der Waals surface area (Å²) in [6.07, 6.45) is 2.87. The molecule has 3 heteroatoms. The fraction of sp³-hybridized carbons (Fsp3) is 0.500. The first kappa shape index (κ1) is 8.51. The number of carbonyl (C=O) groups is 1. The molecule has 1 aromatic rings. The van der Waals surface area contributed by atoms with Crippen LogP contribution in [0.4, 0.5) is 0 Å². The Morgan fingerprint density at radius 3 is 3.08 bits per heavy atom. The van der Waals surface area contributed by atoms with Gasteiger partial charge < -0.3 is 9.88 Å². The van der Waals surface area contributed by atoms with E-state index < -0.39 is 0 Å². The van der Waals surface area contributed by atoms with Gasteiger partial charge in [-0.1, -0.05) is 0 Å². The van der Waals surface area contributed by atoms with E-state index in [0.717, 1.165) is 25.1 Å². The van der Waals surface area contributed by atoms with Crippen LogP contribution < -0.4 is 0 Å². The topological polar surface area (TPSA) is 36.1 Å². The van der Waals surface area contributed by atoms with Gasteiger partial charge in [0.05, 0.1) is 0 Å². The van der Waals surface area contributed by atoms with Gasteiger partial charge in [-0.15, -0.1) is 0 Å². The van der Waals surface area contributed by atoms with E-state index >= 15 is 0 Å². The molecule has 1 aliphatic rings. The fourth-order valence-corrected chi connectivity index (χ4v) is 1.87. The number of H-pyrrole nitrogens is 1. The lowest BCUT2D eigenvalue weighted by molar-refractivity contribution is 0.101. The number of nitrogens with one attached hydrogen (secondary N) is 1. The lowest BCUT2D eigenvalue weighted by Gasteiger charge is -2.22. The average molecular weight is 178 g/mol. The Labute approximate surface area is 77.7 Å². The number of Topliss-reactive ketones (excluding diaryl/α,β-unsaturated/α-hetero) is 1. The van der Waals surface area contributed by atoms with Crippen LogP contribution in [-0.2, 0) is 13.0 Å². The number of carbonyl (C=O) groups excluding carboxylic acids is 1. The quantitative estimate of drug-likeness (QED) is 0.656. The molecule has 0 saturated heterocycles. The van der Waals surface area contributed by atoms with Crippen molar-refractivity contribution in [2.75, 3.05) is 13.6 Å². The van der Waals surface area contributed by atoms with Crippen LogP contribution in [0.3, 0.4) is 0 Å². The van der Waals surface area contributed by atoms with Crippen molar-refractivity contribution in [2.45, 2.75) is 19.9 Å². The summed E-state index contributed by atoms with van der Waals surface area (Å²) < 4.78 is 0. The predicted octanol–water partition coefficient (Wildman–Crippen LogP) is 1.21. The van der Waals surface area contributed by atoms with Crippen molar-refractivity contribution in [2.24, 2.45) is 0 Å². The molecule has 0 saturated carbocycles. The van der Waals surface area contributed by atoms with Crippen LogP contribution in [0.15, 0.2) is 6.20 Å². The molecule has 70 valence electrons. The molecular formula is C10H14N2O. The molecule has 0 amide bonds.